The van der Waals surface area contributed by atoms with Crippen molar-refractivity contribution in [1.82, 2.24) is 9.97 Å². The number of nitrogens with zero attached hydrogens (tertiary/aromatic N) is 2. The predicted octanol–water partition coefficient (Wildman–Crippen LogP) is 1.50. The molecule has 0 aliphatic carbocycles. The Morgan fingerprint density at radius 2 is 1.70 bits per heavy atom. The number of hydrogen-bond acceptors (Lipinski definition) is 7. The Labute approximate surface area is 129 Å². The molecule has 0 saturated heterocycles. The topological polar surface area (TPSA) is 90.4 Å². The maximum atomic E-state index is 11.7. The molecule has 0 unspecified atom stereocenters. The molecule has 0 radical (unpaired) electrons. The second-order valence-electron chi connectivity index (χ2n) is 3.37. The van der Waals surface area contributed by atoms with Gasteiger partial charge < -0.3 is 14.8 Å². The van der Waals surface area contributed by atoms with Gasteiger partial charge in [0.25, 0.3) is 0 Å². The second-order valence-corrected chi connectivity index (χ2v) is 4.61. The first-order chi connectivity index (χ1) is 9.58. The molecule has 0 aliphatic rings. The molecule has 1 rings (SSSR count). The smallest absolute Gasteiger partial charge is 0.347 e. The number of rotatable bonds is 6. The molecule has 1 aromatic heterocycles. The highest BCUT2D eigenvalue weighted by Gasteiger charge is 2.20. The number of esters is 2. The van der Waals surface area contributed by atoms with Crippen LogP contribution in [0.1, 0.15) is 13.8 Å². The summed E-state index contributed by atoms with van der Waals surface area (Å²) in [5.41, 5.74) is -0.240. The molecule has 0 bridgehead atoms. The SMILES string of the molecule is CCOC(=O)C(=CNc1ncc(I)cn1)C(=O)OCC. The van der Waals surface area contributed by atoms with Gasteiger partial charge in [0, 0.05) is 22.2 Å². The van der Waals surface area contributed by atoms with Crippen LogP contribution in [0.5, 0.6) is 0 Å². The van der Waals surface area contributed by atoms with Crippen LogP contribution in [0.15, 0.2) is 24.2 Å². The van der Waals surface area contributed by atoms with Crippen molar-refractivity contribution in [1.29, 1.82) is 0 Å². The minimum atomic E-state index is -0.760. The molecular weight excluding hydrogens is 377 g/mol. The third kappa shape index (κ3) is 5.11. The maximum Gasteiger partial charge on any atom is 0.347 e. The summed E-state index contributed by atoms with van der Waals surface area (Å²) in [5, 5.41) is 2.66. The molecule has 108 valence electrons. The van der Waals surface area contributed by atoms with Crippen molar-refractivity contribution >= 4 is 40.5 Å². The van der Waals surface area contributed by atoms with Gasteiger partial charge in [0.2, 0.25) is 5.95 Å². The van der Waals surface area contributed by atoms with E-state index >= 15 is 0 Å². The van der Waals surface area contributed by atoms with E-state index in [4.69, 9.17) is 9.47 Å². The molecule has 1 heterocycles. The van der Waals surface area contributed by atoms with E-state index in [1.54, 1.807) is 26.2 Å². The van der Waals surface area contributed by atoms with Crippen LogP contribution < -0.4 is 5.32 Å². The van der Waals surface area contributed by atoms with E-state index in [9.17, 15) is 9.59 Å². The molecule has 0 aliphatic heterocycles. The summed E-state index contributed by atoms with van der Waals surface area (Å²) in [6.07, 6.45) is 4.37. The second kappa shape index (κ2) is 8.46. The van der Waals surface area contributed by atoms with Crippen LogP contribution >= 0.6 is 22.6 Å². The number of halogens is 1. The van der Waals surface area contributed by atoms with Crippen LogP contribution in [0.3, 0.4) is 0 Å². The summed E-state index contributed by atoms with van der Waals surface area (Å²) in [4.78, 5) is 31.3. The van der Waals surface area contributed by atoms with E-state index in [1.807, 2.05) is 0 Å². The lowest BCUT2D eigenvalue weighted by atomic mass is 10.3. The summed E-state index contributed by atoms with van der Waals surface area (Å²) in [6, 6.07) is 0. The first kappa shape index (κ1) is 16.3. The molecule has 20 heavy (non-hydrogen) atoms. The Kier molecular flexibility index (Phi) is 6.91. The van der Waals surface area contributed by atoms with Gasteiger partial charge in [-0.3, -0.25) is 0 Å². The zero-order chi connectivity index (χ0) is 15.0. The number of carbonyl (C=O) groups is 2. The fourth-order valence-electron chi connectivity index (χ4n) is 1.14. The average Bonchev–Trinajstić information content (AvgIpc) is 2.42. The molecule has 1 N–H and O–H groups in total. The van der Waals surface area contributed by atoms with Crippen molar-refractivity contribution in [3.05, 3.63) is 27.7 Å². The highest BCUT2D eigenvalue weighted by Crippen LogP contribution is 2.06. The number of carbonyl (C=O) groups excluding carboxylic acids is 2. The van der Waals surface area contributed by atoms with Gasteiger partial charge in [-0.05, 0) is 36.4 Å². The van der Waals surface area contributed by atoms with Gasteiger partial charge in [-0.1, -0.05) is 0 Å². The lowest BCUT2D eigenvalue weighted by Crippen LogP contribution is -2.19. The van der Waals surface area contributed by atoms with Crippen molar-refractivity contribution in [3.8, 4) is 0 Å². The summed E-state index contributed by atoms with van der Waals surface area (Å²) in [7, 11) is 0. The first-order valence-electron chi connectivity index (χ1n) is 5.87. The molecular formula is C12H14IN3O4. The highest BCUT2D eigenvalue weighted by atomic mass is 127. The largest absolute Gasteiger partial charge is 0.462 e. The summed E-state index contributed by atoms with van der Waals surface area (Å²) in [6.45, 7) is 3.62. The van der Waals surface area contributed by atoms with E-state index in [1.165, 1.54) is 6.20 Å². The van der Waals surface area contributed by atoms with Gasteiger partial charge in [0.15, 0.2) is 5.57 Å². The van der Waals surface area contributed by atoms with Crippen molar-refractivity contribution in [2.45, 2.75) is 13.8 Å². The van der Waals surface area contributed by atoms with Gasteiger partial charge in [-0.25, -0.2) is 19.6 Å². The van der Waals surface area contributed by atoms with Gasteiger partial charge in [0.05, 0.1) is 13.2 Å². The van der Waals surface area contributed by atoms with Crippen molar-refractivity contribution < 1.29 is 19.1 Å². The summed E-state index contributed by atoms with van der Waals surface area (Å²) in [5.74, 6) is -1.26. The third-order valence-electron chi connectivity index (χ3n) is 1.96. The van der Waals surface area contributed by atoms with E-state index in [0.717, 1.165) is 3.57 Å². The average molecular weight is 391 g/mol. The van der Waals surface area contributed by atoms with Crippen LogP contribution in [0, 0.1) is 3.57 Å². The fourth-order valence-corrected chi connectivity index (χ4v) is 1.42. The molecule has 0 spiro atoms. The van der Waals surface area contributed by atoms with E-state index in [-0.39, 0.29) is 24.7 Å². The number of ether oxygens (including phenoxy) is 2. The van der Waals surface area contributed by atoms with Crippen molar-refractivity contribution in [2.75, 3.05) is 18.5 Å². The minimum absolute atomic E-state index is 0.162. The fraction of sp³-hybridized carbons (Fsp3) is 0.333. The van der Waals surface area contributed by atoms with Crippen LogP contribution in [0.4, 0.5) is 5.95 Å². The Bertz CT molecular complexity index is 482. The van der Waals surface area contributed by atoms with E-state index in [0.29, 0.717) is 0 Å². The van der Waals surface area contributed by atoms with E-state index < -0.39 is 11.9 Å². The number of anilines is 1. The molecule has 7 nitrogen and oxygen atoms in total. The highest BCUT2D eigenvalue weighted by molar-refractivity contribution is 14.1. The van der Waals surface area contributed by atoms with Crippen molar-refractivity contribution in [2.24, 2.45) is 0 Å². The van der Waals surface area contributed by atoms with Crippen LogP contribution in [0.2, 0.25) is 0 Å². The molecule has 0 fully saturated rings. The Balaban J connectivity index is 2.86. The normalized spacial score (nSPS) is 9.55. The monoisotopic (exact) mass is 391 g/mol. The van der Waals surface area contributed by atoms with Gasteiger partial charge in [0.1, 0.15) is 0 Å². The van der Waals surface area contributed by atoms with Gasteiger partial charge >= 0.3 is 11.9 Å². The Hall–Kier alpha value is -1.71. The molecule has 0 saturated carbocycles. The molecule has 0 atom stereocenters. The standard InChI is InChI=1S/C12H14IN3O4/c1-3-19-10(17)9(11(18)20-4-2)7-16-12-14-5-8(13)6-15-12/h5-7H,3-4H2,1-2H3,(H,14,15,16). The maximum absolute atomic E-state index is 11.7. The van der Waals surface area contributed by atoms with E-state index in [2.05, 4.69) is 37.9 Å². The number of aromatic nitrogens is 2. The molecule has 8 heteroatoms. The molecule has 0 amide bonds. The predicted molar refractivity (Wildman–Crippen MR) is 79.7 cm³/mol. The molecule has 0 aromatic carbocycles. The lowest BCUT2D eigenvalue weighted by Gasteiger charge is -2.07. The zero-order valence-corrected chi connectivity index (χ0v) is 13.2. The van der Waals surface area contributed by atoms with Gasteiger partial charge in [-0.15, -0.1) is 0 Å². The Morgan fingerprint density at radius 1 is 1.20 bits per heavy atom. The van der Waals surface area contributed by atoms with Crippen molar-refractivity contribution in [3.63, 3.8) is 0 Å². The van der Waals surface area contributed by atoms with Crippen LogP contribution in [-0.2, 0) is 19.1 Å². The Morgan fingerprint density at radius 3 is 2.15 bits per heavy atom. The van der Waals surface area contributed by atoms with Gasteiger partial charge in [-0.2, -0.15) is 0 Å². The zero-order valence-electron chi connectivity index (χ0n) is 11.1. The third-order valence-corrected chi connectivity index (χ3v) is 2.51. The van der Waals surface area contributed by atoms with Crippen LogP contribution in [-0.4, -0.2) is 35.1 Å². The minimum Gasteiger partial charge on any atom is -0.462 e. The quantitative estimate of drug-likeness (QED) is 0.258. The first-order valence-corrected chi connectivity index (χ1v) is 6.94. The number of nitrogens with one attached hydrogen (secondary N) is 1. The summed E-state index contributed by atoms with van der Waals surface area (Å²) >= 11 is 2.07. The van der Waals surface area contributed by atoms with Crippen LogP contribution in [0.25, 0.3) is 0 Å². The molecule has 1 aromatic rings. The lowest BCUT2D eigenvalue weighted by molar-refractivity contribution is -0.146. The summed E-state index contributed by atoms with van der Waals surface area (Å²) < 4.78 is 10.4. The number of hydrogen-bond donors (Lipinski definition) is 1.